The van der Waals surface area contributed by atoms with Crippen molar-refractivity contribution in [1.29, 1.82) is 0 Å². The van der Waals surface area contributed by atoms with E-state index in [0.717, 1.165) is 13.1 Å². The molecule has 88 valence electrons. The number of piperidine rings is 1. The van der Waals surface area contributed by atoms with Crippen molar-refractivity contribution < 1.29 is 9.90 Å². The highest BCUT2D eigenvalue weighted by Crippen LogP contribution is 2.23. The average Bonchev–Trinajstić information content (AvgIpc) is 2.18. The van der Waals surface area contributed by atoms with Gasteiger partial charge < -0.3 is 15.3 Å². The second kappa shape index (κ2) is 4.94. The molecule has 0 aliphatic carbocycles. The molecule has 1 rings (SSSR count). The van der Waals surface area contributed by atoms with Crippen LogP contribution < -0.4 is 5.32 Å². The lowest BCUT2D eigenvalue weighted by Gasteiger charge is -2.40. The van der Waals surface area contributed by atoms with Gasteiger partial charge in [-0.25, -0.2) is 0 Å². The molecule has 1 heterocycles. The van der Waals surface area contributed by atoms with Crippen molar-refractivity contribution in [3.8, 4) is 0 Å². The highest BCUT2D eigenvalue weighted by molar-refractivity contribution is 5.79. The predicted octanol–water partition coefficient (Wildman–Crippen LogP) is 0.923. The molecule has 0 aromatic carbocycles. The molecule has 0 atom stereocenters. The van der Waals surface area contributed by atoms with Gasteiger partial charge in [0.2, 0.25) is 0 Å². The van der Waals surface area contributed by atoms with E-state index in [9.17, 15) is 9.90 Å². The smallest absolute Gasteiger partial charge is 0.323 e. The van der Waals surface area contributed by atoms with Crippen LogP contribution in [0.15, 0.2) is 0 Å². The van der Waals surface area contributed by atoms with Crippen LogP contribution in [0, 0.1) is 0 Å². The Morgan fingerprint density at radius 2 is 2.00 bits per heavy atom. The third-order valence-corrected chi connectivity index (χ3v) is 3.31. The van der Waals surface area contributed by atoms with Gasteiger partial charge >= 0.3 is 5.97 Å². The molecule has 0 saturated carbocycles. The molecule has 4 heteroatoms. The van der Waals surface area contributed by atoms with Gasteiger partial charge in [-0.05, 0) is 33.2 Å². The van der Waals surface area contributed by atoms with Crippen molar-refractivity contribution in [2.24, 2.45) is 0 Å². The fourth-order valence-corrected chi connectivity index (χ4v) is 2.23. The van der Waals surface area contributed by atoms with Gasteiger partial charge in [-0.3, -0.25) is 4.79 Å². The first kappa shape index (κ1) is 12.5. The lowest BCUT2D eigenvalue weighted by Crippen LogP contribution is -2.59. The van der Waals surface area contributed by atoms with Crippen LogP contribution in [0.4, 0.5) is 0 Å². The van der Waals surface area contributed by atoms with Crippen LogP contribution in [0.5, 0.6) is 0 Å². The average molecular weight is 214 g/mol. The summed E-state index contributed by atoms with van der Waals surface area (Å²) in [6.07, 6.45) is 1.41. The van der Waals surface area contributed by atoms with E-state index < -0.39 is 11.5 Å². The summed E-state index contributed by atoms with van der Waals surface area (Å²) >= 11 is 0. The molecule has 1 fully saturated rings. The molecule has 0 bridgehead atoms. The maximum Gasteiger partial charge on any atom is 0.323 e. The Bertz CT molecular complexity index is 221. The largest absolute Gasteiger partial charge is 0.480 e. The Labute approximate surface area is 91.6 Å². The first-order valence-corrected chi connectivity index (χ1v) is 5.74. The molecule has 0 aromatic rings. The zero-order valence-electron chi connectivity index (χ0n) is 9.92. The molecule has 0 radical (unpaired) electrons. The minimum atomic E-state index is -0.701. The van der Waals surface area contributed by atoms with E-state index in [1.54, 1.807) is 0 Å². The Hall–Kier alpha value is -0.610. The van der Waals surface area contributed by atoms with Gasteiger partial charge in [0, 0.05) is 19.1 Å². The second-order valence-corrected chi connectivity index (χ2v) is 4.55. The minimum Gasteiger partial charge on any atom is -0.480 e. The van der Waals surface area contributed by atoms with E-state index in [-0.39, 0.29) is 0 Å². The first-order chi connectivity index (χ1) is 7.02. The third-order valence-electron chi connectivity index (χ3n) is 3.31. The standard InChI is InChI=1S/C11H22N2O2/c1-4-12-11(10(14)15)5-7-13(8-6-11)9(2)3/h9,12H,4-8H2,1-3H3,(H,14,15). The van der Waals surface area contributed by atoms with Crippen LogP contribution in [-0.4, -0.2) is 47.2 Å². The fourth-order valence-electron chi connectivity index (χ4n) is 2.23. The predicted molar refractivity (Wildman–Crippen MR) is 60.0 cm³/mol. The van der Waals surface area contributed by atoms with Crippen molar-refractivity contribution >= 4 is 5.97 Å². The molecular formula is C11H22N2O2. The number of likely N-dealkylation sites (N-methyl/N-ethyl adjacent to an activating group) is 1. The summed E-state index contributed by atoms with van der Waals surface area (Å²) in [5.41, 5.74) is -0.680. The summed E-state index contributed by atoms with van der Waals surface area (Å²) < 4.78 is 0. The Morgan fingerprint density at radius 1 is 1.47 bits per heavy atom. The van der Waals surface area contributed by atoms with Gasteiger partial charge in [0.1, 0.15) is 5.54 Å². The number of carboxylic acids is 1. The van der Waals surface area contributed by atoms with Gasteiger partial charge in [-0.1, -0.05) is 6.92 Å². The topological polar surface area (TPSA) is 52.6 Å². The molecule has 0 spiro atoms. The molecule has 1 aliphatic rings. The van der Waals surface area contributed by atoms with Gasteiger partial charge in [0.25, 0.3) is 0 Å². The summed E-state index contributed by atoms with van der Waals surface area (Å²) in [6.45, 7) is 8.73. The van der Waals surface area contributed by atoms with E-state index in [0.29, 0.717) is 25.4 Å². The number of nitrogens with one attached hydrogen (secondary N) is 1. The number of aliphatic carboxylic acids is 1. The maximum absolute atomic E-state index is 11.3. The highest BCUT2D eigenvalue weighted by Gasteiger charge is 2.40. The number of nitrogens with zero attached hydrogens (tertiary/aromatic N) is 1. The van der Waals surface area contributed by atoms with Crippen LogP contribution in [0.2, 0.25) is 0 Å². The lowest BCUT2D eigenvalue weighted by molar-refractivity contribution is -0.147. The number of likely N-dealkylation sites (tertiary alicyclic amines) is 1. The molecule has 1 aliphatic heterocycles. The van der Waals surface area contributed by atoms with Crippen LogP contribution >= 0.6 is 0 Å². The number of hydrogen-bond donors (Lipinski definition) is 2. The lowest BCUT2D eigenvalue weighted by atomic mass is 9.87. The summed E-state index contributed by atoms with van der Waals surface area (Å²) in [4.78, 5) is 13.6. The maximum atomic E-state index is 11.3. The molecule has 2 N–H and O–H groups in total. The number of hydrogen-bond acceptors (Lipinski definition) is 3. The highest BCUT2D eigenvalue weighted by atomic mass is 16.4. The summed E-state index contributed by atoms with van der Waals surface area (Å²) in [5, 5.41) is 12.4. The van der Waals surface area contributed by atoms with Crippen molar-refractivity contribution in [3.63, 3.8) is 0 Å². The summed E-state index contributed by atoms with van der Waals surface area (Å²) in [5.74, 6) is -0.701. The molecule has 15 heavy (non-hydrogen) atoms. The Morgan fingerprint density at radius 3 is 2.33 bits per heavy atom. The first-order valence-electron chi connectivity index (χ1n) is 5.74. The van der Waals surface area contributed by atoms with Crippen molar-refractivity contribution in [1.82, 2.24) is 10.2 Å². The number of rotatable bonds is 4. The van der Waals surface area contributed by atoms with E-state index in [2.05, 4.69) is 24.1 Å². The van der Waals surface area contributed by atoms with Crippen molar-refractivity contribution in [3.05, 3.63) is 0 Å². The summed E-state index contributed by atoms with van der Waals surface area (Å²) in [6, 6.07) is 0.512. The Kier molecular flexibility index (Phi) is 4.11. The van der Waals surface area contributed by atoms with Crippen molar-refractivity contribution in [2.45, 2.75) is 45.2 Å². The van der Waals surface area contributed by atoms with E-state index in [1.807, 2.05) is 6.92 Å². The van der Waals surface area contributed by atoms with Crippen LogP contribution in [0.3, 0.4) is 0 Å². The molecule has 0 aromatic heterocycles. The normalized spacial score (nSPS) is 21.9. The van der Waals surface area contributed by atoms with E-state index in [1.165, 1.54) is 0 Å². The minimum absolute atomic E-state index is 0.512. The van der Waals surface area contributed by atoms with Gasteiger partial charge in [0.15, 0.2) is 0 Å². The number of carbonyl (C=O) groups is 1. The zero-order chi connectivity index (χ0) is 11.5. The third kappa shape index (κ3) is 2.69. The summed E-state index contributed by atoms with van der Waals surface area (Å²) in [7, 11) is 0. The molecule has 0 amide bonds. The van der Waals surface area contributed by atoms with Crippen LogP contribution in [0.25, 0.3) is 0 Å². The van der Waals surface area contributed by atoms with Gasteiger partial charge in [-0.2, -0.15) is 0 Å². The van der Waals surface area contributed by atoms with Gasteiger partial charge in [-0.15, -0.1) is 0 Å². The van der Waals surface area contributed by atoms with Crippen LogP contribution in [-0.2, 0) is 4.79 Å². The quantitative estimate of drug-likeness (QED) is 0.731. The Balaban J connectivity index is 2.61. The van der Waals surface area contributed by atoms with Crippen LogP contribution in [0.1, 0.15) is 33.6 Å². The molecule has 1 saturated heterocycles. The van der Waals surface area contributed by atoms with Gasteiger partial charge in [0.05, 0.1) is 0 Å². The zero-order valence-corrected chi connectivity index (χ0v) is 9.92. The second-order valence-electron chi connectivity index (χ2n) is 4.55. The molecular weight excluding hydrogens is 192 g/mol. The van der Waals surface area contributed by atoms with E-state index >= 15 is 0 Å². The fraction of sp³-hybridized carbons (Fsp3) is 0.909. The SMILES string of the molecule is CCNC1(C(=O)O)CCN(C(C)C)CC1. The monoisotopic (exact) mass is 214 g/mol. The van der Waals surface area contributed by atoms with Crippen molar-refractivity contribution in [2.75, 3.05) is 19.6 Å². The molecule has 0 unspecified atom stereocenters. The number of carboxylic acid groups (broad SMARTS) is 1. The van der Waals surface area contributed by atoms with E-state index in [4.69, 9.17) is 0 Å². The molecule has 4 nitrogen and oxygen atoms in total.